The van der Waals surface area contributed by atoms with Gasteiger partial charge in [0.15, 0.2) is 0 Å². The number of amides is 4. The molecule has 15 N–H and O–H groups in total. The van der Waals surface area contributed by atoms with Gasteiger partial charge in [-0.1, -0.05) is 88.8 Å². The molecule has 18 nitrogen and oxygen atoms in total. The molecule has 81 heavy (non-hydrogen) atoms. The Kier molecular flexibility index (Phi) is 27.1. The smallest absolute Gasteiger partial charge is 0.313 e. The Morgan fingerprint density at radius 1 is 0.568 bits per heavy atom. The number of nitrogens with one attached hydrogen (secondary N) is 4. The van der Waals surface area contributed by atoms with Gasteiger partial charge in [0.05, 0.1) is 23.2 Å². The van der Waals surface area contributed by atoms with Crippen LogP contribution in [0.5, 0.6) is 0 Å². The minimum absolute atomic E-state index is 0.0186. The number of carbonyl (C=O) groups excluding carboxylic acids is 4. The summed E-state index contributed by atoms with van der Waals surface area (Å²) in [5.74, 6) is -1.58. The number of carboxylic acid groups (broad SMARTS) is 3. The van der Waals surface area contributed by atoms with Crippen molar-refractivity contribution in [3.63, 3.8) is 0 Å². The summed E-state index contributed by atoms with van der Waals surface area (Å²) in [6.45, 7) is 5.23. The highest BCUT2D eigenvalue weighted by molar-refractivity contribution is 6.06. The number of benzene rings is 4. The summed E-state index contributed by atoms with van der Waals surface area (Å²) < 4.78 is 0. The molecular formula is C63H82N8O10. The number of hydrogen-bond acceptors (Lipinski definition) is 11. The first kappa shape index (κ1) is 64.9. The molecule has 0 fully saturated rings. The Labute approximate surface area is 476 Å². The first-order valence-corrected chi connectivity index (χ1v) is 27.9. The summed E-state index contributed by atoms with van der Waals surface area (Å²) >= 11 is 0. The van der Waals surface area contributed by atoms with Gasteiger partial charge in [-0.15, -0.1) is 11.8 Å². The first-order chi connectivity index (χ1) is 38.7. The van der Waals surface area contributed by atoms with Crippen LogP contribution >= 0.6 is 0 Å². The van der Waals surface area contributed by atoms with Gasteiger partial charge in [0.1, 0.15) is 0 Å². The topological polar surface area (TPSA) is 332 Å². The van der Waals surface area contributed by atoms with E-state index in [1.807, 2.05) is 6.92 Å². The summed E-state index contributed by atoms with van der Waals surface area (Å²) in [7, 11) is 0. The van der Waals surface area contributed by atoms with Crippen molar-refractivity contribution in [2.75, 3.05) is 44.2 Å². The molecule has 0 saturated carbocycles. The molecule has 0 bridgehead atoms. The molecule has 0 spiro atoms. The van der Waals surface area contributed by atoms with E-state index >= 15 is 0 Å². The number of allylic oxidation sites excluding steroid dienone is 1. The zero-order valence-electron chi connectivity index (χ0n) is 46.9. The summed E-state index contributed by atoms with van der Waals surface area (Å²) in [6.07, 6.45) is 9.76. The van der Waals surface area contributed by atoms with E-state index in [1.165, 1.54) is 13.0 Å². The molecule has 4 aromatic rings. The minimum Gasteiger partial charge on any atom is -0.481 e. The molecule has 5 unspecified atom stereocenters. The van der Waals surface area contributed by atoms with E-state index in [0.29, 0.717) is 116 Å². The van der Waals surface area contributed by atoms with Crippen molar-refractivity contribution in [1.29, 1.82) is 0 Å². The van der Waals surface area contributed by atoms with Crippen molar-refractivity contribution in [1.82, 2.24) is 0 Å². The second-order valence-electron chi connectivity index (χ2n) is 20.9. The number of hydrogen-bond donors (Lipinski definition) is 11. The van der Waals surface area contributed by atoms with Gasteiger partial charge in [0.2, 0.25) is 11.8 Å². The maximum Gasteiger partial charge on any atom is 0.313 e. The summed E-state index contributed by atoms with van der Waals surface area (Å²) in [5.41, 5.74) is 26.5. The molecule has 0 saturated heterocycles. The van der Waals surface area contributed by atoms with E-state index in [0.717, 1.165) is 6.42 Å². The van der Waals surface area contributed by atoms with Crippen LogP contribution in [0.15, 0.2) is 120 Å². The highest BCUT2D eigenvalue weighted by Crippen LogP contribution is 2.32. The van der Waals surface area contributed by atoms with Crippen LogP contribution in [-0.2, 0) is 33.6 Å². The average molecular weight is 1110 g/mol. The Balaban J connectivity index is 1.49. The molecule has 0 aromatic heterocycles. The fourth-order valence-corrected chi connectivity index (χ4v) is 9.39. The fourth-order valence-electron chi connectivity index (χ4n) is 9.39. The molecule has 434 valence electrons. The third-order valence-corrected chi connectivity index (χ3v) is 14.2. The fraction of sp³-hybridized carbons (Fsp3) is 0.413. The van der Waals surface area contributed by atoms with Crippen molar-refractivity contribution >= 4 is 87.0 Å². The predicted octanol–water partition coefficient (Wildman–Crippen LogP) is 11.5. The number of rotatable bonds is 34. The largest absolute Gasteiger partial charge is 0.481 e. The van der Waals surface area contributed by atoms with E-state index in [4.69, 9.17) is 22.9 Å². The average Bonchev–Trinajstić information content (AvgIpc) is 3.45. The summed E-state index contributed by atoms with van der Waals surface area (Å²) in [5, 5.41) is 42.2. The number of carboxylic acids is 3. The second-order valence-corrected chi connectivity index (χ2v) is 20.9. The lowest BCUT2D eigenvalue weighted by Crippen LogP contribution is -2.27. The Bertz CT molecular complexity index is 2910. The lowest BCUT2D eigenvalue weighted by atomic mass is 9.84. The van der Waals surface area contributed by atoms with Crippen LogP contribution in [0.4, 0.5) is 45.5 Å². The van der Waals surface area contributed by atoms with E-state index in [-0.39, 0.29) is 55.6 Å². The lowest BCUT2D eigenvalue weighted by Gasteiger charge is -2.22. The zero-order valence-corrected chi connectivity index (χ0v) is 46.9. The Hall–Kier alpha value is -8.59. The quantitative estimate of drug-likeness (QED) is 0.00897. The molecule has 0 aliphatic rings. The minimum atomic E-state index is -1.40. The first-order valence-electron chi connectivity index (χ1n) is 27.9. The van der Waals surface area contributed by atoms with Crippen LogP contribution in [0.25, 0.3) is 0 Å². The van der Waals surface area contributed by atoms with Crippen LogP contribution in [-0.4, -0.2) is 56.9 Å². The molecule has 0 aliphatic heterocycles. The Morgan fingerprint density at radius 2 is 1.02 bits per heavy atom. The summed E-state index contributed by atoms with van der Waals surface area (Å²) in [4.78, 5) is 93.2. The highest BCUT2D eigenvalue weighted by atomic mass is 16.4. The molecule has 0 heterocycles. The van der Waals surface area contributed by atoms with Crippen LogP contribution in [0, 0.1) is 40.9 Å². The molecule has 4 aromatic carbocycles. The second kappa shape index (κ2) is 33.8. The number of aliphatic carboxylic acids is 3. The van der Waals surface area contributed by atoms with Crippen LogP contribution in [0.1, 0.15) is 136 Å². The monoisotopic (exact) mass is 1110 g/mol. The van der Waals surface area contributed by atoms with Gasteiger partial charge in [-0.3, -0.25) is 33.6 Å². The van der Waals surface area contributed by atoms with Crippen LogP contribution < -0.4 is 44.2 Å². The predicted molar refractivity (Wildman–Crippen MR) is 321 cm³/mol. The standard InChI is InChI=1S/C63H82N8O10/c1-4-6-7-10-23-44(57(73)69-52-31-17-27-48(65)38-52)35-45(61(78)79)24-14-9-12-21-42(60(76)77)20-11-8-13-22-43(36-56(72)68-51-30-16-26-47(64)37-51)55(59(75)71-54-33-19-29-50(67)40-54)34-15-25-46(41-63(3,5-2)62(80)81)58(74)70-53-32-18-28-49(66)39-53/h16-19,26-34,37-45H,4-6,8-9,11-15,20-25,35-36,64-67H2,1-3H3,(H,68,72)(H,69,73)(H,70,74)(H,71,75)(H,76,77)(H,78,79)(H,80,81). The van der Waals surface area contributed by atoms with E-state index in [2.05, 4.69) is 33.1 Å². The number of unbranched alkanes of at least 4 members (excludes halogenated alkanes) is 5. The van der Waals surface area contributed by atoms with Crippen molar-refractivity contribution in [3.8, 4) is 11.8 Å². The third kappa shape index (κ3) is 23.3. The molecule has 4 rings (SSSR count). The number of nitrogens with two attached hydrogens (primary N) is 4. The number of nitrogen functional groups attached to an aromatic ring is 4. The van der Waals surface area contributed by atoms with Crippen molar-refractivity contribution < 1.29 is 48.9 Å². The van der Waals surface area contributed by atoms with Crippen LogP contribution in [0.2, 0.25) is 0 Å². The van der Waals surface area contributed by atoms with Gasteiger partial charge >= 0.3 is 17.9 Å². The molecule has 4 amide bonds. The van der Waals surface area contributed by atoms with Gasteiger partial charge < -0.3 is 59.5 Å². The third-order valence-electron chi connectivity index (χ3n) is 14.2. The number of anilines is 8. The molecule has 5 atom stereocenters. The molecule has 0 radical (unpaired) electrons. The van der Waals surface area contributed by atoms with Gasteiger partial charge in [-0.25, -0.2) is 0 Å². The maximum atomic E-state index is 14.5. The lowest BCUT2D eigenvalue weighted by molar-refractivity contribution is -0.145. The van der Waals surface area contributed by atoms with E-state index in [9.17, 15) is 48.9 Å². The molecule has 18 heteroatoms. The zero-order chi connectivity index (χ0) is 59.3. The normalized spacial score (nSPS) is 13.7. The van der Waals surface area contributed by atoms with Gasteiger partial charge in [-0.2, -0.15) is 0 Å². The van der Waals surface area contributed by atoms with Crippen molar-refractivity contribution in [3.05, 3.63) is 120 Å². The number of carbonyl (C=O) groups is 7. The van der Waals surface area contributed by atoms with Crippen molar-refractivity contribution in [2.45, 2.75) is 136 Å². The molecule has 0 aliphatic carbocycles. The van der Waals surface area contributed by atoms with E-state index in [1.54, 1.807) is 110 Å². The summed E-state index contributed by atoms with van der Waals surface area (Å²) in [6, 6.07) is 26.6. The highest BCUT2D eigenvalue weighted by Gasteiger charge is 2.31. The SMILES string of the molecule is CCCC#CCC(CC(CCCCCC(CCCCCC(CC(=O)Nc1cccc(N)c1)C(=CCCC(=CC(C)(CC)C(=O)O)C(=O)Nc1cccc(N)c1)C(=O)Nc1cccc(N)c1)C(=O)O)C(=O)O)C(=O)Nc1cccc(N)c1. The Morgan fingerprint density at radius 3 is 1.48 bits per heavy atom. The van der Waals surface area contributed by atoms with Gasteiger partial charge in [0, 0.05) is 75.9 Å². The molecular weight excluding hydrogens is 1030 g/mol. The van der Waals surface area contributed by atoms with E-state index < -0.39 is 64.7 Å². The van der Waals surface area contributed by atoms with Gasteiger partial charge in [-0.05, 0) is 143 Å². The van der Waals surface area contributed by atoms with Gasteiger partial charge in [0.25, 0.3) is 11.8 Å². The maximum absolute atomic E-state index is 14.5. The van der Waals surface area contributed by atoms with Crippen molar-refractivity contribution in [2.24, 2.45) is 29.1 Å². The van der Waals surface area contributed by atoms with Crippen LogP contribution in [0.3, 0.4) is 0 Å².